The Morgan fingerprint density at radius 2 is 1.94 bits per heavy atom. The van der Waals surface area contributed by atoms with Gasteiger partial charge in [0.25, 0.3) is 0 Å². The fourth-order valence-corrected chi connectivity index (χ4v) is 4.22. The standard InChI is InChI=1S/C16H22N2/c1-3-12-9-10-17-16(12)13(4-1)11-18-14-5-2-6-15(18)8-7-14/h1,3-4,14-15,17H,2,5-11H2. The molecular weight excluding hydrogens is 220 g/mol. The normalized spacial score (nSPS) is 30.2. The van der Waals surface area contributed by atoms with E-state index in [1.807, 2.05) is 0 Å². The summed E-state index contributed by atoms with van der Waals surface area (Å²) in [6.07, 6.45) is 8.39. The van der Waals surface area contributed by atoms with E-state index >= 15 is 0 Å². The van der Waals surface area contributed by atoms with Crippen LogP contribution in [0, 0.1) is 0 Å². The molecule has 2 saturated heterocycles. The summed E-state index contributed by atoms with van der Waals surface area (Å²) >= 11 is 0. The first-order valence-corrected chi connectivity index (χ1v) is 7.52. The van der Waals surface area contributed by atoms with Gasteiger partial charge in [-0.3, -0.25) is 4.90 Å². The third-order valence-corrected chi connectivity index (χ3v) is 5.13. The topological polar surface area (TPSA) is 15.3 Å². The quantitative estimate of drug-likeness (QED) is 0.857. The van der Waals surface area contributed by atoms with Gasteiger partial charge in [0.1, 0.15) is 0 Å². The van der Waals surface area contributed by atoms with Crippen molar-refractivity contribution in [3.05, 3.63) is 29.3 Å². The van der Waals surface area contributed by atoms with Gasteiger partial charge in [-0.05, 0) is 43.2 Å². The van der Waals surface area contributed by atoms with Gasteiger partial charge in [0.15, 0.2) is 0 Å². The lowest BCUT2D eigenvalue weighted by Crippen LogP contribution is -2.39. The molecule has 3 aliphatic heterocycles. The van der Waals surface area contributed by atoms with E-state index in [1.165, 1.54) is 61.9 Å². The predicted molar refractivity (Wildman–Crippen MR) is 74.8 cm³/mol. The first-order chi connectivity index (χ1) is 8.92. The van der Waals surface area contributed by atoms with Crippen molar-refractivity contribution in [3.63, 3.8) is 0 Å². The summed E-state index contributed by atoms with van der Waals surface area (Å²) in [5.74, 6) is 0. The molecule has 0 spiro atoms. The van der Waals surface area contributed by atoms with Crippen LogP contribution < -0.4 is 5.32 Å². The van der Waals surface area contributed by atoms with Crippen LogP contribution in [0.4, 0.5) is 5.69 Å². The first-order valence-electron chi connectivity index (χ1n) is 7.52. The molecule has 18 heavy (non-hydrogen) atoms. The van der Waals surface area contributed by atoms with Crippen molar-refractivity contribution in [2.75, 3.05) is 11.9 Å². The Morgan fingerprint density at radius 3 is 2.78 bits per heavy atom. The summed E-state index contributed by atoms with van der Waals surface area (Å²) in [6, 6.07) is 8.60. The Morgan fingerprint density at radius 1 is 1.11 bits per heavy atom. The second-order valence-electron chi connectivity index (χ2n) is 6.12. The van der Waals surface area contributed by atoms with Gasteiger partial charge in [0, 0.05) is 30.9 Å². The molecule has 1 N–H and O–H groups in total. The van der Waals surface area contributed by atoms with Gasteiger partial charge < -0.3 is 5.32 Å². The van der Waals surface area contributed by atoms with Gasteiger partial charge in [-0.25, -0.2) is 0 Å². The summed E-state index contributed by atoms with van der Waals surface area (Å²) in [6.45, 7) is 2.30. The van der Waals surface area contributed by atoms with Crippen LogP contribution in [0.25, 0.3) is 0 Å². The average Bonchev–Trinajstić information content (AvgIpc) is 2.93. The number of piperidine rings is 1. The van der Waals surface area contributed by atoms with E-state index in [0.29, 0.717) is 0 Å². The van der Waals surface area contributed by atoms with Crippen LogP contribution in [-0.4, -0.2) is 23.5 Å². The highest BCUT2D eigenvalue weighted by molar-refractivity contribution is 5.61. The minimum Gasteiger partial charge on any atom is -0.384 e. The number of rotatable bonds is 2. The summed E-state index contributed by atoms with van der Waals surface area (Å²) in [4.78, 5) is 2.79. The minimum atomic E-state index is 0.876. The lowest BCUT2D eigenvalue weighted by atomic mass is 10.0. The maximum Gasteiger partial charge on any atom is 0.0419 e. The molecule has 3 aliphatic rings. The van der Waals surface area contributed by atoms with Crippen molar-refractivity contribution < 1.29 is 0 Å². The number of fused-ring (bicyclic) bond motifs is 3. The summed E-state index contributed by atoms with van der Waals surface area (Å²) < 4.78 is 0. The fourth-order valence-electron chi connectivity index (χ4n) is 4.22. The summed E-state index contributed by atoms with van der Waals surface area (Å²) in [7, 11) is 0. The molecule has 0 aliphatic carbocycles. The molecule has 2 unspecified atom stereocenters. The van der Waals surface area contributed by atoms with E-state index in [4.69, 9.17) is 0 Å². The molecule has 0 aromatic heterocycles. The maximum absolute atomic E-state index is 3.58. The number of anilines is 1. The third-order valence-electron chi connectivity index (χ3n) is 5.13. The monoisotopic (exact) mass is 242 g/mol. The van der Waals surface area contributed by atoms with Crippen molar-refractivity contribution >= 4 is 5.69 Å². The molecule has 0 amide bonds. The van der Waals surface area contributed by atoms with Crippen molar-refractivity contribution in [1.82, 2.24) is 4.90 Å². The van der Waals surface area contributed by atoms with Gasteiger partial charge in [0.05, 0.1) is 0 Å². The van der Waals surface area contributed by atoms with Gasteiger partial charge in [-0.15, -0.1) is 0 Å². The fraction of sp³-hybridized carbons (Fsp3) is 0.625. The molecule has 0 radical (unpaired) electrons. The van der Waals surface area contributed by atoms with E-state index in [2.05, 4.69) is 28.4 Å². The molecule has 2 atom stereocenters. The zero-order valence-electron chi connectivity index (χ0n) is 11.0. The number of para-hydroxylation sites is 1. The highest BCUT2D eigenvalue weighted by Crippen LogP contribution is 2.38. The van der Waals surface area contributed by atoms with Crippen LogP contribution in [0.1, 0.15) is 43.2 Å². The maximum atomic E-state index is 3.58. The number of nitrogens with zero attached hydrogens (tertiary/aromatic N) is 1. The Labute approximate surface area is 109 Å². The molecular formula is C16H22N2. The predicted octanol–water partition coefficient (Wildman–Crippen LogP) is 3.17. The first kappa shape index (κ1) is 10.9. The molecule has 4 rings (SSSR count). The second-order valence-corrected chi connectivity index (χ2v) is 6.12. The van der Waals surface area contributed by atoms with Crippen LogP contribution in [0.2, 0.25) is 0 Å². The van der Waals surface area contributed by atoms with E-state index in [0.717, 1.165) is 18.6 Å². The van der Waals surface area contributed by atoms with Crippen LogP contribution >= 0.6 is 0 Å². The van der Waals surface area contributed by atoms with Crippen LogP contribution in [0.5, 0.6) is 0 Å². The van der Waals surface area contributed by atoms with E-state index in [-0.39, 0.29) is 0 Å². The Bertz CT molecular complexity index is 438. The highest BCUT2D eigenvalue weighted by Gasteiger charge is 2.36. The molecule has 1 aromatic rings. The molecule has 96 valence electrons. The van der Waals surface area contributed by atoms with E-state index < -0.39 is 0 Å². The lowest BCUT2D eigenvalue weighted by Gasteiger charge is -2.35. The number of hydrogen-bond donors (Lipinski definition) is 1. The molecule has 2 nitrogen and oxygen atoms in total. The van der Waals surface area contributed by atoms with Gasteiger partial charge in [-0.2, -0.15) is 0 Å². The molecule has 0 saturated carbocycles. The number of nitrogens with one attached hydrogen (secondary N) is 1. The van der Waals surface area contributed by atoms with Crippen molar-refractivity contribution in [3.8, 4) is 0 Å². The van der Waals surface area contributed by atoms with Crippen LogP contribution in [-0.2, 0) is 13.0 Å². The van der Waals surface area contributed by atoms with Gasteiger partial charge in [-0.1, -0.05) is 24.6 Å². The van der Waals surface area contributed by atoms with Crippen molar-refractivity contribution in [2.45, 2.75) is 57.2 Å². The molecule has 2 fully saturated rings. The highest BCUT2D eigenvalue weighted by atomic mass is 15.2. The molecule has 1 aromatic carbocycles. The Hall–Kier alpha value is -1.02. The average molecular weight is 242 g/mol. The van der Waals surface area contributed by atoms with Gasteiger partial charge >= 0.3 is 0 Å². The largest absolute Gasteiger partial charge is 0.384 e. The molecule has 2 bridgehead atoms. The molecule has 3 heterocycles. The SMILES string of the molecule is c1cc2c(c(CN3C4CCCC3CC4)c1)NCC2. The second kappa shape index (κ2) is 4.27. The zero-order chi connectivity index (χ0) is 11.9. The summed E-state index contributed by atoms with van der Waals surface area (Å²) in [5, 5.41) is 3.58. The minimum absolute atomic E-state index is 0.876. The summed E-state index contributed by atoms with van der Waals surface area (Å²) in [5.41, 5.74) is 4.50. The zero-order valence-corrected chi connectivity index (χ0v) is 11.0. The van der Waals surface area contributed by atoms with E-state index in [9.17, 15) is 0 Å². The number of hydrogen-bond acceptors (Lipinski definition) is 2. The van der Waals surface area contributed by atoms with Crippen LogP contribution in [0.3, 0.4) is 0 Å². The van der Waals surface area contributed by atoms with Crippen LogP contribution in [0.15, 0.2) is 18.2 Å². The smallest absolute Gasteiger partial charge is 0.0419 e. The van der Waals surface area contributed by atoms with Crippen molar-refractivity contribution in [1.29, 1.82) is 0 Å². The molecule has 2 heteroatoms. The Balaban J connectivity index is 1.60. The van der Waals surface area contributed by atoms with E-state index in [1.54, 1.807) is 0 Å². The Kier molecular flexibility index (Phi) is 2.58. The number of benzene rings is 1. The third kappa shape index (κ3) is 1.66. The van der Waals surface area contributed by atoms with Crippen molar-refractivity contribution in [2.24, 2.45) is 0 Å². The van der Waals surface area contributed by atoms with Gasteiger partial charge in [0.2, 0.25) is 0 Å². The lowest BCUT2D eigenvalue weighted by molar-refractivity contribution is 0.132.